The fourth-order valence-corrected chi connectivity index (χ4v) is 4.07. The van der Waals surface area contributed by atoms with Crippen molar-refractivity contribution in [3.05, 3.63) is 22.8 Å². The lowest BCUT2D eigenvalue weighted by molar-refractivity contribution is -0.144. The van der Waals surface area contributed by atoms with Gasteiger partial charge >= 0.3 is 5.97 Å². The summed E-state index contributed by atoms with van der Waals surface area (Å²) in [6.45, 7) is 6.14. The summed E-state index contributed by atoms with van der Waals surface area (Å²) in [5.41, 5.74) is 3.37. The van der Waals surface area contributed by atoms with E-state index in [1.165, 1.54) is 24.7 Å². The minimum absolute atomic E-state index is 0.0190. The number of ether oxygens (including phenoxy) is 1. The molecule has 0 spiro atoms. The van der Waals surface area contributed by atoms with Crippen LogP contribution in [0.15, 0.2) is 22.8 Å². The van der Waals surface area contributed by atoms with Crippen LogP contribution in [0, 0.1) is 23.2 Å². The highest BCUT2D eigenvalue weighted by Gasteiger charge is 2.60. The Balaban J connectivity index is 2.02. The first kappa shape index (κ1) is 12.6. The third-order valence-corrected chi connectivity index (χ3v) is 5.38. The van der Waals surface area contributed by atoms with Gasteiger partial charge in [-0.15, -0.1) is 0 Å². The Morgan fingerprint density at radius 1 is 1.53 bits per heavy atom. The van der Waals surface area contributed by atoms with Crippen molar-refractivity contribution < 1.29 is 14.3 Å². The van der Waals surface area contributed by atoms with Crippen molar-refractivity contribution in [1.82, 2.24) is 0 Å². The van der Waals surface area contributed by atoms with E-state index in [2.05, 4.69) is 13.8 Å². The summed E-state index contributed by atoms with van der Waals surface area (Å²) in [5, 5.41) is 0. The highest BCUT2D eigenvalue weighted by atomic mass is 16.5. The second-order valence-electron chi connectivity index (χ2n) is 6.41. The van der Waals surface area contributed by atoms with Crippen LogP contribution in [0.1, 0.15) is 33.6 Å². The van der Waals surface area contributed by atoms with E-state index in [-0.39, 0.29) is 17.2 Å². The van der Waals surface area contributed by atoms with Gasteiger partial charge in [-0.3, -0.25) is 9.59 Å². The number of hydrogen-bond donors (Lipinski definition) is 0. The van der Waals surface area contributed by atoms with Gasteiger partial charge in [0.2, 0.25) is 0 Å². The molecule has 3 aliphatic carbocycles. The second-order valence-corrected chi connectivity index (χ2v) is 6.41. The number of hydrogen-bond acceptors (Lipinski definition) is 3. The first-order valence-corrected chi connectivity index (χ1v) is 6.94. The van der Waals surface area contributed by atoms with Crippen molar-refractivity contribution >= 4 is 11.8 Å². The van der Waals surface area contributed by atoms with Gasteiger partial charge in [-0.05, 0) is 37.7 Å². The van der Waals surface area contributed by atoms with Gasteiger partial charge in [0.15, 0.2) is 5.78 Å². The monoisotopic (exact) mass is 260 g/mol. The molecule has 1 saturated carbocycles. The molecule has 0 saturated heterocycles. The van der Waals surface area contributed by atoms with Gasteiger partial charge in [-0.25, -0.2) is 0 Å². The minimum Gasteiger partial charge on any atom is -0.469 e. The highest BCUT2D eigenvalue weighted by Crippen LogP contribution is 2.67. The Hall–Kier alpha value is -1.38. The van der Waals surface area contributed by atoms with Gasteiger partial charge in [0.1, 0.15) is 0 Å². The topological polar surface area (TPSA) is 43.4 Å². The maximum absolute atomic E-state index is 12.4. The summed E-state index contributed by atoms with van der Waals surface area (Å²) in [5.74, 6) is 0.655. The predicted octanol–water partition coefficient (Wildman–Crippen LogP) is 2.67. The number of methoxy groups -OCH3 is 1. The van der Waals surface area contributed by atoms with E-state index < -0.39 is 5.92 Å². The lowest BCUT2D eigenvalue weighted by atomic mass is 9.69. The summed E-state index contributed by atoms with van der Waals surface area (Å²) in [6.07, 6.45) is 3.76. The van der Waals surface area contributed by atoms with E-state index >= 15 is 0 Å². The molecule has 0 amide bonds. The van der Waals surface area contributed by atoms with Crippen LogP contribution in [-0.4, -0.2) is 18.9 Å². The molecule has 1 fully saturated rings. The molecule has 0 aromatic rings. The number of esters is 1. The third-order valence-electron chi connectivity index (χ3n) is 5.38. The maximum Gasteiger partial charge on any atom is 0.312 e. The molecule has 0 aromatic carbocycles. The van der Waals surface area contributed by atoms with Crippen LogP contribution < -0.4 is 0 Å². The molecule has 0 aromatic heterocycles. The van der Waals surface area contributed by atoms with Crippen molar-refractivity contribution in [2.75, 3.05) is 7.11 Å². The summed E-state index contributed by atoms with van der Waals surface area (Å²) in [6, 6.07) is 0. The van der Waals surface area contributed by atoms with Crippen LogP contribution in [0.5, 0.6) is 0 Å². The predicted molar refractivity (Wildman–Crippen MR) is 71.3 cm³/mol. The van der Waals surface area contributed by atoms with Gasteiger partial charge in [-0.2, -0.15) is 0 Å². The molecule has 19 heavy (non-hydrogen) atoms. The largest absolute Gasteiger partial charge is 0.469 e. The number of rotatable bonds is 2. The fraction of sp³-hybridized carbons (Fsp3) is 0.625. The average Bonchev–Trinajstić information content (AvgIpc) is 3.13. The molecule has 3 rings (SSSR count). The van der Waals surface area contributed by atoms with Gasteiger partial charge in [0.05, 0.1) is 13.0 Å². The summed E-state index contributed by atoms with van der Waals surface area (Å²) < 4.78 is 4.76. The van der Waals surface area contributed by atoms with Crippen LogP contribution in [0.25, 0.3) is 0 Å². The molecular formula is C16H20O3. The van der Waals surface area contributed by atoms with E-state index in [1.54, 1.807) is 6.92 Å². The summed E-state index contributed by atoms with van der Waals surface area (Å²) >= 11 is 0. The minimum atomic E-state index is -0.459. The standard InChI is InChI=1S/C16H20O3/c1-8-10-5-13(10)16(3)7-14(17)11(6-12(8)16)9(2)15(18)19-4/h6,9-10,13H,5,7H2,1-4H3. The van der Waals surface area contributed by atoms with Gasteiger partial charge in [0, 0.05) is 17.4 Å². The number of carbonyl (C=O) groups is 2. The third kappa shape index (κ3) is 1.57. The van der Waals surface area contributed by atoms with Gasteiger partial charge in [-0.1, -0.05) is 18.6 Å². The van der Waals surface area contributed by atoms with E-state index in [0.717, 1.165) is 0 Å². The van der Waals surface area contributed by atoms with Crippen molar-refractivity contribution in [3.63, 3.8) is 0 Å². The Kier molecular flexibility index (Phi) is 2.54. The second kappa shape index (κ2) is 3.81. The lowest BCUT2D eigenvalue weighted by Crippen LogP contribution is -2.32. The molecule has 3 aliphatic rings. The smallest absolute Gasteiger partial charge is 0.312 e. The fourth-order valence-electron chi connectivity index (χ4n) is 4.07. The van der Waals surface area contributed by atoms with Crippen LogP contribution in [0.4, 0.5) is 0 Å². The van der Waals surface area contributed by atoms with Crippen molar-refractivity contribution in [2.24, 2.45) is 23.2 Å². The first-order valence-electron chi connectivity index (χ1n) is 6.94. The molecule has 4 unspecified atom stereocenters. The molecule has 0 N–H and O–H groups in total. The van der Waals surface area contributed by atoms with Crippen molar-refractivity contribution in [1.29, 1.82) is 0 Å². The Morgan fingerprint density at radius 2 is 2.21 bits per heavy atom. The van der Waals surface area contributed by atoms with E-state index in [1.807, 2.05) is 6.08 Å². The molecule has 102 valence electrons. The number of fused-ring (bicyclic) bond motifs is 3. The lowest BCUT2D eigenvalue weighted by Gasteiger charge is -2.34. The maximum atomic E-state index is 12.4. The zero-order chi connectivity index (χ0) is 13.9. The number of carbonyl (C=O) groups excluding carboxylic acids is 2. The summed E-state index contributed by atoms with van der Waals surface area (Å²) in [4.78, 5) is 24.0. The van der Waals surface area contributed by atoms with Crippen LogP contribution in [-0.2, 0) is 14.3 Å². The van der Waals surface area contributed by atoms with Crippen molar-refractivity contribution in [2.45, 2.75) is 33.6 Å². The Bertz CT molecular complexity index is 540. The quantitative estimate of drug-likeness (QED) is 0.717. The molecule has 0 heterocycles. The molecule has 3 heteroatoms. The van der Waals surface area contributed by atoms with Crippen LogP contribution in [0.2, 0.25) is 0 Å². The van der Waals surface area contributed by atoms with Gasteiger partial charge in [0.25, 0.3) is 0 Å². The zero-order valence-electron chi connectivity index (χ0n) is 11.9. The molecule has 4 atom stereocenters. The molecule has 0 bridgehead atoms. The molecule has 0 radical (unpaired) electrons. The Morgan fingerprint density at radius 3 is 2.84 bits per heavy atom. The highest BCUT2D eigenvalue weighted by molar-refractivity contribution is 6.03. The van der Waals surface area contributed by atoms with Crippen LogP contribution >= 0.6 is 0 Å². The molecule has 3 nitrogen and oxygen atoms in total. The number of Topliss-reactive ketones (excluding diaryl/α,β-unsaturated/α-hetero) is 1. The van der Waals surface area contributed by atoms with Gasteiger partial charge < -0.3 is 4.74 Å². The first-order chi connectivity index (χ1) is 8.90. The molecule has 0 aliphatic heterocycles. The normalized spacial score (nSPS) is 37.5. The zero-order valence-corrected chi connectivity index (χ0v) is 11.9. The van der Waals surface area contributed by atoms with E-state index in [0.29, 0.717) is 23.8 Å². The van der Waals surface area contributed by atoms with Crippen LogP contribution in [0.3, 0.4) is 0 Å². The average molecular weight is 260 g/mol. The SMILES string of the molecule is COC(=O)C(C)C1=CC2=C(C)C3CC3C2(C)CC1=O. The number of allylic oxidation sites excluding steroid dienone is 3. The van der Waals surface area contributed by atoms with E-state index in [9.17, 15) is 9.59 Å². The van der Waals surface area contributed by atoms with E-state index in [4.69, 9.17) is 4.74 Å². The Labute approximate surface area is 113 Å². The molecular weight excluding hydrogens is 240 g/mol. The summed E-state index contributed by atoms with van der Waals surface area (Å²) in [7, 11) is 1.37. The number of ketones is 1. The van der Waals surface area contributed by atoms with Crippen molar-refractivity contribution in [3.8, 4) is 0 Å².